The molecule has 5 nitrogen and oxygen atoms in total. The lowest BCUT2D eigenvalue weighted by Gasteiger charge is -2.01. The van der Waals surface area contributed by atoms with Gasteiger partial charge in [0.05, 0.1) is 6.42 Å². The summed E-state index contributed by atoms with van der Waals surface area (Å²) in [4.78, 5) is 24.8. The highest BCUT2D eigenvalue weighted by molar-refractivity contribution is 6.30. The van der Waals surface area contributed by atoms with Gasteiger partial charge in [-0.15, -0.1) is 0 Å². The molecule has 0 unspecified atom stereocenters. The minimum atomic E-state index is -1.27. The van der Waals surface area contributed by atoms with Crippen molar-refractivity contribution in [3.63, 3.8) is 0 Å². The Morgan fingerprint density at radius 3 is 2.42 bits per heavy atom. The molecule has 0 aromatic heterocycles. The molecule has 0 saturated heterocycles. The van der Waals surface area contributed by atoms with Gasteiger partial charge in [0.25, 0.3) is 0 Å². The summed E-state index contributed by atoms with van der Waals surface area (Å²) in [6.45, 7) is 0. The van der Waals surface area contributed by atoms with Crippen LogP contribution in [-0.2, 0) is 9.59 Å². The Morgan fingerprint density at radius 1 is 1.26 bits per heavy atom. The SMILES string of the molecule is O=C(O)C[C@H](N=C/C=C/c1ccc(Cl)cc1)C(=O)O. The molecular formula is C13H12ClNO4. The van der Waals surface area contributed by atoms with Crippen molar-refractivity contribution < 1.29 is 19.8 Å². The zero-order valence-corrected chi connectivity index (χ0v) is 10.6. The van der Waals surface area contributed by atoms with Crippen molar-refractivity contribution in [2.45, 2.75) is 12.5 Å². The fourth-order valence-electron chi connectivity index (χ4n) is 1.25. The molecule has 1 atom stereocenters. The normalized spacial score (nSPS) is 12.9. The van der Waals surface area contributed by atoms with Gasteiger partial charge in [-0.1, -0.05) is 29.8 Å². The average Bonchev–Trinajstić information content (AvgIpc) is 2.34. The zero-order chi connectivity index (χ0) is 14.3. The Kier molecular flexibility index (Phi) is 5.75. The summed E-state index contributed by atoms with van der Waals surface area (Å²) in [6.07, 6.45) is 3.98. The number of benzene rings is 1. The number of rotatable bonds is 6. The molecule has 6 heteroatoms. The van der Waals surface area contributed by atoms with E-state index in [4.69, 9.17) is 21.8 Å². The molecule has 0 fully saturated rings. The van der Waals surface area contributed by atoms with Crippen LogP contribution in [0.5, 0.6) is 0 Å². The highest BCUT2D eigenvalue weighted by Crippen LogP contribution is 2.10. The number of hydrogen-bond acceptors (Lipinski definition) is 3. The standard InChI is InChI=1S/C13H12ClNO4/c14-10-5-3-9(4-6-10)2-1-7-15-11(13(18)19)8-12(16)17/h1-7,11H,8H2,(H,16,17)(H,18,19)/b2-1+,15-7?/t11-/m0/s1. The second kappa shape index (κ2) is 7.33. The van der Waals surface area contributed by atoms with Gasteiger partial charge in [0, 0.05) is 11.2 Å². The number of allylic oxidation sites excluding steroid dienone is 1. The molecule has 0 aliphatic heterocycles. The van der Waals surface area contributed by atoms with Crippen LogP contribution < -0.4 is 0 Å². The minimum absolute atomic E-state index is 0.541. The van der Waals surface area contributed by atoms with E-state index in [0.717, 1.165) is 5.56 Å². The van der Waals surface area contributed by atoms with E-state index in [9.17, 15) is 9.59 Å². The predicted molar refractivity (Wildman–Crippen MR) is 72.7 cm³/mol. The molecule has 0 saturated carbocycles. The van der Waals surface area contributed by atoms with E-state index in [0.29, 0.717) is 5.02 Å². The van der Waals surface area contributed by atoms with Crippen LogP contribution in [0, 0.1) is 0 Å². The van der Waals surface area contributed by atoms with Gasteiger partial charge in [0.1, 0.15) is 0 Å². The van der Waals surface area contributed by atoms with E-state index >= 15 is 0 Å². The molecule has 1 aromatic carbocycles. The molecule has 0 radical (unpaired) electrons. The molecule has 0 aliphatic carbocycles. The summed E-state index contributed by atoms with van der Waals surface area (Å²) in [7, 11) is 0. The molecule has 1 aromatic rings. The van der Waals surface area contributed by atoms with Crippen molar-refractivity contribution in [1.29, 1.82) is 0 Å². The summed E-state index contributed by atoms with van der Waals surface area (Å²) in [5, 5.41) is 17.9. The van der Waals surface area contributed by atoms with Gasteiger partial charge in [-0.2, -0.15) is 0 Å². The average molecular weight is 282 g/mol. The third-order valence-corrected chi connectivity index (χ3v) is 2.42. The van der Waals surface area contributed by atoms with Gasteiger partial charge in [0.15, 0.2) is 6.04 Å². The Balaban J connectivity index is 2.62. The first kappa shape index (κ1) is 14.9. The van der Waals surface area contributed by atoms with Gasteiger partial charge < -0.3 is 10.2 Å². The molecule has 19 heavy (non-hydrogen) atoms. The fourth-order valence-corrected chi connectivity index (χ4v) is 1.38. The van der Waals surface area contributed by atoms with Gasteiger partial charge in [0.2, 0.25) is 0 Å². The van der Waals surface area contributed by atoms with Crippen LogP contribution in [0.25, 0.3) is 6.08 Å². The largest absolute Gasteiger partial charge is 0.481 e. The Labute approximate surface area is 114 Å². The van der Waals surface area contributed by atoms with Crippen LogP contribution in [0.2, 0.25) is 5.02 Å². The predicted octanol–water partition coefficient (Wildman–Crippen LogP) is 2.35. The summed E-state index contributed by atoms with van der Waals surface area (Å²) < 4.78 is 0. The topological polar surface area (TPSA) is 87.0 Å². The van der Waals surface area contributed by atoms with Crippen molar-refractivity contribution in [1.82, 2.24) is 0 Å². The lowest BCUT2D eigenvalue weighted by atomic mass is 10.2. The molecule has 0 heterocycles. The lowest BCUT2D eigenvalue weighted by molar-refractivity contribution is -0.144. The van der Waals surface area contributed by atoms with Crippen LogP contribution in [0.15, 0.2) is 35.3 Å². The van der Waals surface area contributed by atoms with Crippen molar-refractivity contribution >= 4 is 35.8 Å². The van der Waals surface area contributed by atoms with Crippen LogP contribution in [0.4, 0.5) is 0 Å². The first-order valence-electron chi connectivity index (χ1n) is 5.39. The third kappa shape index (κ3) is 5.83. The van der Waals surface area contributed by atoms with E-state index < -0.39 is 24.4 Å². The maximum absolute atomic E-state index is 10.7. The Morgan fingerprint density at radius 2 is 1.89 bits per heavy atom. The minimum Gasteiger partial charge on any atom is -0.481 e. The van der Waals surface area contributed by atoms with Crippen molar-refractivity contribution in [2.24, 2.45) is 4.99 Å². The van der Waals surface area contributed by atoms with Gasteiger partial charge in [-0.05, 0) is 23.8 Å². The van der Waals surface area contributed by atoms with Crippen LogP contribution in [0.1, 0.15) is 12.0 Å². The Hall–Kier alpha value is -2.14. The number of carbonyl (C=O) groups is 2. The maximum atomic E-state index is 10.7. The van der Waals surface area contributed by atoms with E-state index in [2.05, 4.69) is 4.99 Å². The summed E-state index contributed by atoms with van der Waals surface area (Å²) in [6, 6.07) is 5.76. The monoisotopic (exact) mass is 281 g/mol. The number of aliphatic imine (C=N–C) groups is 1. The van der Waals surface area contributed by atoms with Gasteiger partial charge in [-0.25, -0.2) is 4.79 Å². The molecule has 0 amide bonds. The first-order valence-corrected chi connectivity index (χ1v) is 5.77. The molecule has 0 bridgehead atoms. The van der Waals surface area contributed by atoms with Gasteiger partial charge >= 0.3 is 11.9 Å². The van der Waals surface area contributed by atoms with Crippen LogP contribution >= 0.6 is 11.6 Å². The number of nitrogens with zero attached hydrogens (tertiary/aromatic N) is 1. The van der Waals surface area contributed by atoms with Crippen molar-refractivity contribution in [2.75, 3.05) is 0 Å². The molecule has 0 aliphatic rings. The first-order chi connectivity index (χ1) is 8.99. The van der Waals surface area contributed by atoms with Crippen LogP contribution in [0.3, 0.4) is 0 Å². The second-order valence-corrected chi connectivity index (χ2v) is 4.10. The Bertz CT molecular complexity index is 508. The lowest BCUT2D eigenvalue weighted by Crippen LogP contribution is -2.21. The summed E-state index contributed by atoms with van der Waals surface area (Å²) in [5.41, 5.74) is 0.876. The molecule has 1 rings (SSSR count). The smallest absolute Gasteiger partial charge is 0.329 e. The highest BCUT2D eigenvalue weighted by atomic mass is 35.5. The van der Waals surface area contributed by atoms with E-state index in [1.165, 1.54) is 6.21 Å². The molecular weight excluding hydrogens is 270 g/mol. The number of halogens is 1. The van der Waals surface area contributed by atoms with E-state index in [-0.39, 0.29) is 0 Å². The van der Waals surface area contributed by atoms with E-state index in [1.807, 2.05) is 0 Å². The van der Waals surface area contributed by atoms with Crippen LogP contribution in [-0.4, -0.2) is 34.4 Å². The number of carboxylic acids is 2. The molecule has 100 valence electrons. The third-order valence-electron chi connectivity index (χ3n) is 2.16. The fraction of sp³-hybridized carbons (Fsp3) is 0.154. The van der Waals surface area contributed by atoms with Crippen molar-refractivity contribution in [3.8, 4) is 0 Å². The number of hydrogen-bond donors (Lipinski definition) is 2. The number of carboxylic acid groups (broad SMARTS) is 2. The quantitative estimate of drug-likeness (QED) is 0.784. The molecule has 2 N–H and O–H groups in total. The zero-order valence-electron chi connectivity index (χ0n) is 9.86. The second-order valence-electron chi connectivity index (χ2n) is 3.66. The van der Waals surface area contributed by atoms with Crippen molar-refractivity contribution in [3.05, 3.63) is 40.9 Å². The maximum Gasteiger partial charge on any atom is 0.329 e. The summed E-state index contributed by atoms with van der Waals surface area (Å²) in [5.74, 6) is -2.47. The summed E-state index contributed by atoms with van der Waals surface area (Å²) >= 11 is 5.73. The van der Waals surface area contributed by atoms with E-state index in [1.54, 1.807) is 36.4 Å². The molecule has 0 spiro atoms. The number of aliphatic carboxylic acids is 2. The highest BCUT2D eigenvalue weighted by Gasteiger charge is 2.18. The van der Waals surface area contributed by atoms with Gasteiger partial charge in [-0.3, -0.25) is 9.79 Å².